The van der Waals surface area contributed by atoms with Crippen LogP contribution in [0.3, 0.4) is 0 Å². The lowest BCUT2D eigenvalue weighted by Crippen LogP contribution is -1.96. The molecule has 0 spiro atoms. The van der Waals surface area contributed by atoms with Crippen LogP contribution in [-0.2, 0) is 11.9 Å². The van der Waals surface area contributed by atoms with E-state index in [1.165, 1.54) is 0 Å². The topological polar surface area (TPSA) is 39.4 Å². The number of hydrogen-bond acceptors (Lipinski definition) is 3. The summed E-state index contributed by atoms with van der Waals surface area (Å²) in [6, 6.07) is 0. The molecule has 0 radical (unpaired) electrons. The second-order valence-corrected chi connectivity index (χ2v) is 3.34. The molecule has 0 aliphatic carbocycles. The van der Waals surface area contributed by atoms with Crippen molar-refractivity contribution < 1.29 is 4.84 Å². The Bertz CT molecular complexity index is 341. The number of aryl methyl sites for hydroxylation is 1. The SMILES string of the molecule is C=CCCCON=C(C)c1cnn(C)c1. The first-order chi connectivity index (χ1) is 7.24. The Kier molecular flexibility index (Phi) is 4.60. The summed E-state index contributed by atoms with van der Waals surface area (Å²) in [6.45, 7) is 6.18. The smallest absolute Gasteiger partial charge is 0.117 e. The zero-order valence-electron chi connectivity index (χ0n) is 9.31. The average molecular weight is 207 g/mol. The van der Waals surface area contributed by atoms with E-state index in [4.69, 9.17) is 4.84 Å². The monoisotopic (exact) mass is 207 g/mol. The highest BCUT2D eigenvalue weighted by atomic mass is 16.6. The Morgan fingerprint density at radius 3 is 3.13 bits per heavy atom. The van der Waals surface area contributed by atoms with Gasteiger partial charge in [-0.2, -0.15) is 5.10 Å². The first-order valence-electron chi connectivity index (χ1n) is 5.00. The van der Waals surface area contributed by atoms with E-state index >= 15 is 0 Å². The molecule has 1 heterocycles. The van der Waals surface area contributed by atoms with Gasteiger partial charge in [-0.05, 0) is 19.8 Å². The van der Waals surface area contributed by atoms with Crippen LogP contribution in [0, 0.1) is 0 Å². The fourth-order valence-corrected chi connectivity index (χ4v) is 1.10. The predicted molar refractivity (Wildman–Crippen MR) is 60.8 cm³/mol. The fraction of sp³-hybridized carbons (Fsp3) is 0.455. The molecule has 0 aliphatic heterocycles. The van der Waals surface area contributed by atoms with E-state index in [0.717, 1.165) is 24.1 Å². The van der Waals surface area contributed by atoms with Crippen LogP contribution in [0.2, 0.25) is 0 Å². The van der Waals surface area contributed by atoms with Gasteiger partial charge in [-0.1, -0.05) is 11.2 Å². The lowest BCUT2D eigenvalue weighted by molar-refractivity contribution is 0.142. The van der Waals surface area contributed by atoms with Crippen LogP contribution in [-0.4, -0.2) is 22.1 Å². The maximum atomic E-state index is 5.16. The summed E-state index contributed by atoms with van der Waals surface area (Å²) in [7, 11) is 1.88. The number of hydrogen-bond donors (Lipinski definition) is 0. The molecule has 0 amide bonds. The zero-order chi connectivity index (χ0) is 11.1. The molecular weight excluding hydrogens is 190 g/mol. The van der Waals surface area contributed by atoms with Gasteiger partial charge in [-0.15, -0.1) is 6.58 Å². The number of allylic oxidation sites excluding steroid dienone is 1. The van der Waals surface area contributed by atoms with Gasteiger partial charge in [0.2, 0.25) is 0 Å². The van der Waals surface area contributed by atoms with E-state index in [1.54, 1.807) is 10.9 Å². The summed E-state index contributed by atoms with van der Waals surface area (Å²) in [4.78, 5) is 5.16. The standard InChI is InChI=1S/C11H17N3O/c1-4-5-6-7-15-13-10(2)11-8-12-14(3)9-11/h4,8-9H,1,5-7H2,2-3H3. The summed E-state index contributed by atoms with van der Waals surface area (Å²) >= 11 is 0. The van der Waals surface area contributed by atoms with Crippen molar-refractivity contribution in [3.05, 3.63) is 30.6 Å². The van der Waals surface area contributed by atoms with Crippen LogP contribution in [0.25, 0.3) is 0 Å². The van der Waals surface area contributed by atoms with E-state index in [-0.39, 0.29) is 0 Å². The van der Waals surface area contributed by atoms with E-state index in [2.05, 4.69) is 16.8 Å². The van der Waals surface area contributed by atoms with Gasteiger partial charge in [0.25, 0.3) is 0 Å². The molecule has 0 fully saturated rings. The number of unbranched alkanes of at least 4 members (excludes halogenated alkanes) is 1. The Labute approximate surface area is 90.2 Å². The Balaban J connectivity index is 2.36. The molecule has 4 heteroatoms. The zero-order valence-corrected chi connectivity index (χ0v) is 9.31. The van der Waals surface area contributed by atoms with Gasteiger partial charge in [0.1, 0.15) is 6.61 Å². The van der Waals surface area contributed by atoms with Crippen molar-refractivity contribution >= 4 is 5.71 Å². The lowest BCUT2D eigenvalue weighted by atomic mass is 10.2. The van der Waals surface area contributed by atoms with E-state index < -0.39 is 0 Å². The molecule has 15 heavy (non-hydrogen) atoms. The third-order valence-electron chi connectivity index (χ3n) is 1.97. The highest BCUT2D eigenvalue weighted by Crippen LogP contribution is 2.00. The van der Waals surface area contributed by atoms with Crippen LogP contribution in [0.5, 0.6) is 0 Å². The van der Waals surface area contributed by atoms with E-state index in [0.29, 0.717) is 6.61 Å². The van der Waals surface area contributed by atoms with Crippen molar-refractivity contribution in [2.45, 2.75) is 19.8 Å². The highest BCUT2D eigenvalue weighted by molar-refractivity contribution is 5.97. The van der Waals surface area contributed by atoms with Crippen molar-refractivity contribution in [2.24, 2.45) is 12.2 Å². The minimum atomic E-state index is 0.629. The molecule has 0 atom stereocenters. The molecule has 0 N–H and O–H groups in total. The minimum absolute atomic E-state index is 0.629. The molecule has 1 aromatic rings. The average Bonchev–Trinajstić information content (AvgIpc) is 2.64. The second-order valence-electron chi connectivity index (χ2n) is 3.34. The maximum Gasteiger partial charge on any atom is 0.117 e. The number of oxime groups is 1. The van der Waals surface area contributed by atoms with Crippen LogP contribution in [0.15, 0.2) is 30.2 Å². The summed E-state index contributed by atoms with van der Waals surface area (Å²) < 4.78 is 1.74. The quantitative estimate of drug-likeness (QED) is 0.310. The Morgan fingerprint density at radius 1 is 1.73 bits per heavy atom. The first-order valence-corrected chi connectivity index (χ1v) is 5.00. The number of rotatable bonds is 6. The Morgan fingerprint density at radius 2 is 2.53 bits per heavy atom. The summed E-state index contributed by atoms with van der Waals surface area (Å²) in [5.41, 5.74) is 1.84. The van der Waals surface area contributed by atoms with Crippen molar-refractivity contribution in [3.63, 3.8) is 0 Å². The third kappa shape index (κ3) is 3.97. The molecule has 0 aliphatic rings. The fourth-order valence-electron chi connectivity index (χ4n) is 1.10. The van der Waals surface area contributed by atoms with Gasteiger partial charge in [0.15, 0.2) is 0 Å². The van der Waals surface area contributed by atoms with Crippen LogP contribution >= 0.6 is 0 Å². The van der Waals surface area contributed by atoms with Gasteiger partial charge in [-0.3, -0.25) is 4.68 Å². The second kappa shape index (κ2) is 6.01. The van der Waals surface area contributed by atoms with Gasteiger partial charge >= 0.3 is 0 Å². The molecule has 0 saturated heterocycles. The summed E-state index contributed by atoms with van der Waals surface area (Å²) in [5, 5.41) is 8.07. The minimum Gasteiger partial charge on any atom is -0.396 e. The van der Waals surface area contributed by atoms with Gasteiger partial charge in [-0.25, -0.2) is 0 Å². The highest BCUT2D eigenvalue weighted by Gasteiger charge is 1.99. The normalized spacial score (nSPS) is 11.5. The summed E-state index contributed by atoms with van der Waals surface area (Å²) in [6.07, 6.45) is 7.47. The third-order valence-corrected chi connectivity index (χ3v) is 1.97. The van der Waals surface area contributed by atoms with E-state index in [9.17, 15) is 0 Å². The van der Waals surface area contributed by atoms with Crippen molar-refractivity contribution in [3.8, 4) is 0 Å². The molecule has 1 aromatic heterocycles. The Hall–Kier alpha value is -1.58. The molecule has 0 saturated carbocycles. The van der Waals surface area contributed by atoms with Gasteiger partial charge < -0.3 is 4.84 Å². The van der Waals surface area contributed by atoms with Gasteiger partial charge in [0.05, 0.1) is 11.9 Å². The van der Waals surface area contributed by atoms with Crippen LogP contribution in [0.4, 0.5) is 0 Å². The van der Waals surface area contributed by atoms with Gasteiger partial charge in [0, 0.05) is 18.8 Å². The molecule has 4 nitrogen and oxygen atoms in total. The largest absolute Gasteiger partial charge is 0.396 e. The molecule has 82 valence electrons. The lowest BCUT2D eigenvalue weighted by Gasteiger charge is -1.98. The number of nitrogens with zero attached hydrogens (tertiary/aromatic N) is 3. The van der Waals surface area contributed by atoms with E-state index in [1.807, 2.05) is 26.2 Å². The predicted octanol–water partition coefficient (Wildman–Crippen LogP) is 2.13. The molecular formula is C11H17N3O. The molecule has 1 rings (SSSR count). The van der Waals surface area contributed by atoms with Crippen molar-refractivity contribution in [1.29, 1.82) is 0 Å². The first kappa shape index (κ1) is 11.5. The number of aromatic nitrogens is 2. The molecule has 0 aromatic carbocycles. The molecule has 0 unspecified atom stereocenters. The van der Waals surface area contributed by atoms with Crippen molar-refractivity contribution in [2.75, 3.05) is 6.61 Å². The van der Waals surface area contributed by atoms with Crippen LogP contribution in [0.1, 0.15) is 25.3 Å². The maximum absolute atomic E-state index is 5.16. The van der Waals surface area contributed by atoms with Crippen molar-refractivity contribution in [1.82, 2.24) is 9.78 Å². The van der Waals surface area contributed by atoms with Crippen LogP contribution < -0.4 is 0 Å². The molecule has 0 bridgehead atoms. The summed E-state index contributed by atoms with van der Waals surface area (Å²) in [5.74, 6) is 0.